The largest absolute Gasteiger partial charge is 0.434 e. The zero-order valence-electron chi connectivity index (χ0n) is 8.94. The summed E-state index contributed by atoms with van der Waals surface area (Å²) in [5.74, 6) is -0.117. The van der Waals surface area contributed by atoms with Gasteiger partial charge in [0, 0.05) is 11.6 Å². The van der Waals surface area contributed by atoms with Gasteiger partial charge in [0.1, 0.15) is 5.75 Å². The number of nitrogens with one attached hydrogen (secondary N) is 2. The van der Waals surface area contributed by atoms with E-state index in [4.69, 9.17) is 0 Å². The Labute approximate surface area is 99.1 Å². The molecule has 0 saturated carbocycles. The molecule has 0 atom stereocenters. The number of rotatable bonds is 3. The fraction of sp³-hybridized carbons (Fsp3) is 0.0909. The highest BCUT2D eigenvalue weighted by Gasteiger charge is 2.11. The molecule has 18 heavy (non-hydrogen) atoms. The Hall–Kier alpha value is -2.44. The Morgan fingerprint density at radius 3 is 2.50 bits per heavy atom. The summed E-state index contributed by atoms with van der Waals surface area (Å²) in [6.07, 6.45) is 0. The third-order valence-corrected chi connectivity index (χ3v) is 2.15. The quantitative estimate of drug-likeness (QED) is 0.867. The number of hydrogen-bond acceptors (Lipinski definition) is 3. The maximum Gasteiger partial charge on any atom is 0.387 e. The summed E-state index contributed by atoms with van der Waals surface area (Å²) in [5.41, 5.74) is -1.02. The molecule has 0 radical (unpaired) electrons. The fourth-order valence-corrected chi connectivity index (χ4v) is 1.50. The highest BCUT2D eigenvalue weighted by Crippen LogP contribution is 2.28. The molecule has 5 nitrogen and oxygen atoms in total. The molecule has 0 bridgehead atoms. The van der Waals surface area contributed by atoms with Crippen LogP contribution in [-0.4, -0.2) is 16.6 Å². The predicted octanol–water partition coefficient (Wildman–Crippen LogP) is 1.33. The van der Waals surface area contributed by atoms with E-state index in [1.165, 1.54) is 18.2 Å². The maximum atomic E-state index is 12.2. The molecule has 0 aliphatic heterocycles. The number of benzene rings is 1. The molecule has 1 aromatic heterocycles. The van der Waals surface area contributed by atoms with Crippen LogP contribution in [0.1, 0.15) is 0 Å². The van der Waals surface area contributed by atoms with E-state index in [0.29, 0.717) is 0 Å². The van der Waals surface area contributed by atoms with Gasteiger partial charge < -0.3 is 9.72 Å². The first-order valence-electron chi connectivity index (χ1n) is 4.94. The number of aromatic nitrogens is 2. The molecule has 2 N–H and O–H groups in total. The van der Waals surface area contributed by atoms with E-state index in [-0.39, 0.29) is 17.0 Å². The van der Waals surface area contributed by atoms with E-state index in [9.17, 15) is 18.4 Å². The van der Waals surface area contributed by atoms with E-state index < -0.39 is 17.9 Å². The van der Waals surface area contributed by atoms with Gasteiger partial charge in [0.15, 0.2) is 0 Å². The van der Waals surface area contributed by atoms with Gasteiger partial charge in [-0.3, -0.25) is 9.78 Å². The normalized spacial score (nSPS) is 10.6. The Bertz CT molecular complexity index is 635. The minimum atomic E-state index is -2.99. The molecule has 2 aromatic rings. The minimum absolute atomic E-state index is 0.111. The van der Waals surface area contributed by atoms with Crippen molar-refractivity contribution in [3.8, 4) is 17.0 Å². The van der Waals surface area contributed by atoms with Crippen LogP contribution in [0.3, 0.4) is 0 Å². The van der Waals surface area contributed by atoms with Gasteiger partial charge in [-0.25, -0.2) is 4.79 Å². The zero-order chi connectivity index (χ0) is 13.1. The van der Waals surface area contributed by atoms with Crippen molar-refractivity contribution in [3.63, 3.8) is 0 Å². The van der Waals surface area contributed by atoms with E-state index in [1.807, 2.05) is 4.98 Å². The first-order chi connectivity index (χ1) is 8.56. The van der Waals surface area contributed by atoms with Gasteiger partial charge in [0.2, 0.25) is 0 Å². The number of aromatic amines is 2. The fourth-order valence-electron chi connectivity index (χ4n) is 1.50. The molecule has 0 fully saturated rings. The highest BCUT2D eigenvalue weighted by atomic mass is 19.3. The molecule has 0 aliphatic carbocycles. The van der Waals surface area contributed by atoms with Gasteiger partial charge >= 0.3 is 12.3 Å². The number of hydrogen-bond donors (Lipinski definition) is 2. The Morgan fingerprint density at radius 2 is 1.83 bits per heavy atom. The SMILES string of the molecule is O=c1cc(-c2ccccc2OC(F)F)[nH]c(=O)[nH]1. The van der Waals surface area contributed by atoms with Crippen molar-refractivity contribution in [2.24, 2.45) is 0 Å². The second kappa shape index (κ2) is 4.82. The Balaban J connectivity index is 2.56. The van der Waals surface area contributed by atoms with Crippen molar-refractivity contribution in [1.82, 2.24) is 9.97 Å². The lowest BCUT2D eigenvalue weighted by Crippen LogP contribution is -2.21. The van der Waals surface area contributed by atoms with E-state index >= 15 is 0 Å². The first kappa shape index (κ1) is 12.0. The second-order valence-corrected chi connectivity index (χ2v) is 3.38. The van der Waals surface area contributed by atoms with Crippen LogP contribution in [0.5, 0.6) is 5.75 Å². The summed E-state index contributed by atoms with van der Waals surface area (Å²) in [7, 11) is 0. The topological polar surface area (TPSA) is 75.0 Å². The van der Waals surface area contributed by atoms with Crippen LogP contribution in [0.4, 0.5) is 8.78 Å². The van der Waals surface area contributed by atoms with Crippen molar-refractivity contribution in [3.05, 3.63) is 51.2 Å². The number of ether oxygens (including phenoxy) is 1. The molecule has 7 heteroatoms. The van der Waals surface area contributed by atoms with Gasteiger partial charge in [-0.2, -0.15) is 8.78 Å². The summed E-state index contributed by atoms with van der Waals surface area (Å²) in [4.78, 5) is 26.6. The van der Waals surface area contributed by atoms with Crippen molar-refractivity contribution >= 4 is 0 Å². The number of alkyl halides is 2. The van der Waals surface area contributed by atoms with Crippen LogP contribution >= 0.6 is 0 Å². The standard InChI is InChI=1S/C11H8F2N2O3/c12-10(13)18-8-4-2-1-3-6(8)7-5-9(16)15-11(17)14-7/h1-5,10H,(H2,14,15,16,17). The maximum absolute atomic E-state index is 12.2. The smallest absolute Gasteiger partial charge is 0.387 e. The molecule has 0 spiro atoms. The van der Waals surface area contributed by atoms with E-state index in [2.05, 4.69) is 9.72 Å². The van der Waals surface area contributed by atoms with Crippen LogP contribution in [0.25, 0.3) is 11.3 Å². The second-order valence-electron chi connectivity index (χ2n) is 3.38. The van der Waals surface area contributed by atoms with Gasteiger partial charge in [0.25, 0.3) is 5.56 Å². The van der Waals surface area contributed by atoms with Crippen molar-refractivity contribution in [2.75, 3.05) is 0 Å². The predicted molar refractivity (Wildman–Crippen MR) is 59.8 cm³/mol. The van der Waals surface area contributed by atoms with E-state index in [0.717, 1.165) is 6.07 Å². The van der Waals surface area contributed by atoms with Gasteiger partial charge in [-0.15, -0.1) is 0 Å². The van der Waals surface area contributed by atoms with Crippen molar-refractivity contribution in [2.45, 2.75) is 6.61 Å². The van der Waals surface area contributed by atoms with Crippen LogP contribution < -0.4 is 16.0 Å². The average Bonchev–Trinajstić information content (AvgIpc) is 2.27. The summed E-state index contributed by atoms with van der Waals surface area (Å²) in [5, 5.41) is 0. The Morgan fingerprint density at radius 1 is 1.11 bits per heavy atom. The first-order valence-corrected chi connectivity index (χ1v) is 4.94. The summed E-state index contributed by atoms with van der Waals surface area (Å²) in [6.45, 7) is -2.99. The van der Waals surface area contributed by atoms with Crippen LogP contribution in [0, 0.1) is 0 Å². The molecule has 0 aliphatic rings. The monoisotopic (exact) mass is 254 g/mol. The van der Waals surface area contributed by atoms with Gasteiger partial charge in [-0.1, -0.05) is 12.1 Å². The molecule has 0 amide bonds. The Kier molecular flexibility index (Phi) is 3.22. The minimum Gasteiger partial charge on any atom is -0.434 e. The van der Waals surface area contributed by atoms with Crippen molar-refractivity contribution < 1.29 is 13.5 Å². The van der Waals surface area contributed by atoms with Gasteiger partial charge in [0.05, 0.1) is 5.69 Å². The van der Waals surface area contributed by atoms with Crippen LogP contribution in [0.2, 0.25) is 0 Å². The third kappa shape index (κ3) is 2.62. The van der Waals surface area contributed by atoms with Gasteiger partial charge in [-0.05, 0) is 12.1 Å². The zero-order valence-corrected chi connectivity index (χ0v) is 8.94. The highest BCUT2D eigenvalue weighted by molar-refractivity contribution is 5.66. The number of para-hydroxylation sites is 1. The summed E-state index contributed by atoms with van der Waals surface area (Å²) >= 11 is 0. The lowest BCUT2D eigenvalue weighted by Gasteiger charge is -2.09. The lowest BCUT2D eigenvalue weighted by molar-refractivity contribution is -0.0494. The van der Waals surface area contributed by atoms with Crippen LogP contribution in [0.15, 0.2) is 39.9 Å². The number of halogens is 2. The molecule has 1 aromatic carbocycles. The molecule has 0 unspecified atom stereocenters. The molecule has 94 valence electrons. The molecule has 2 rings (SSSR count). The average molecular weight is 254 g/mol. The molecular formula is C11H8F2N2O3. The summed E-state index contributed by atoms with van der Waals surface area (Å²) < 4.78 is 28.7. The molecule has 1 heterocycles. The molecule has 0 saturated heterocycles. The number of H-pyrrole nitrogens is 2. The van der Waals surface area contributed by atoms with E-state index in [1.54, 1.807) is 6.07 Å². The van der Waals surface area contributed by atoms with Crippen molar-refractivity contribution in [1.29, 1.82) is 0 Å². The molecular weight excluding hydrogens is 246 g/mol. The lowest BCUT2D eigenvalue weighted by atomic mass is 10.1. The van der Waals surface area contributed by atoms with Crippen LogP contribution in [-0.2, 0) is 0 Å². The summed E-state index contributed by atoms with van der Waals surface area (Å²) in [6, 6.07) is 6.96. The third-order valence-electron chi connectivity index (χ3n) is 2.15.